The molecule has 3 heteroatoms. The van der Waals surface area contributed by atoms with Crippen LogP contribution in [0.25, 0.3) is 0 Å². The lowest BCUT2D eigenvalue weighted by atomic mass is 10.5. The quantitative estimate of drug-likeness (QED) is 0.254. The van der Waals surface area contributed by atoms with E-state index in [9.17, 15) is 4.79 Å². The summed E-state index contributed by atoms with van der Waals surface area (Å²) in [6.45, 7) is 5.29. The summed E-state index contributed by atoms with van der Waals surface area (Å²) in [6.07, 6.45) is 0. The van der Waals surface area contributed by atoms with E-state index >= 15 is 0 Å². The Morgan fingerprint density at radius 3 is 2.60 bits per heavy atom. The van der Waals surface area contributed by atoms with E-state index in [-0.39, 0.29) is 5.76 Å². The van der Waals surface area contributed by atoms with Crippen molar-refractivity contribution in [3.63, 3.8) is 0 Å². The monoisotopic (exact) mass is 142 g/mol. The van der Waals surface area contributed by atoms with Crippen LogP contribution < -0.4 is 0 Å². The number of carbonyl (C=O) groups is 1. The summed E-state index contributed by atoms with van der Waals surface area (Å²) in [5.41, 5.74) is 2.31. The largest absolute Gasteiger partial charge is 0.484 e. The minimum absolute atomic E-state index is 0.0156. The minimum atomic E-state index is -0.528. The SMILES string of the molecule is C=C=C(OC)C(=O)OCC. The molecule has 0 bridgehead atoms. The maximum Gasteiger partial charge on any atom is 0.382 e. The molecule has 0 aromatic heterocycles. The van der Waals surface area contributed by atoms with Crippen molar-refractivity contribution in [3.05, 3.63) is 18.1 Å². The van der Waals surface area contributed by atoms with Crippen LogP contribution in [0.5, 0.6) is 0 Å². The summed E-state index contributed by atoms with van der Waals surface area (Å²) in [5.74, 6) is -0.512. The van der Waals surface area contributed by atoms with Crippen LogP contribution in [0.3, 0.4) is 0 Å². The molecule has 0 aliphatic carbocycles. The second-order valence-corrected chi connectivity index (χ2v) is 1.43. The predicted octanol–water partition coefficient (Wildman–Crippen LogP) is 0.865. The van der Waals surface area contributed by atoms with E-state index in [4.69, 9.17) is 0 Å². The van der Waals surface area contributed by atoms with Crippen LogP contribution in [-0.4, -0.2) is 19.7 Å². The van der Waals surface area contributed by atoms with Gasteiger partial charge in [-0.15, -0.1) is 0 Å². The van der Waals surface area contributed by atoms with Gasteiger partial charge in [0.1, 0.15) is 0 Å². The first-order valence-corrected chi connectivity index (χ1v) is 2.87. The molecule has 0 aliphatic heterocycles. The predicted molar refractivity (Wildman–Crippen MR) is 36.3 cm³/mol. The van der Waals surface area contributed by atoms with Crippen LogP contribution in [0.2, 0.25) is 0 Å². The zero-order valence-electron chi connectivity index (χ0n) is 6.14. The Morgan fingerprint density at radius 2 is 2.30 bits per heavy atom. The number of hydrogen-bond donors (Lipinski definition) is 0. The molecule has 0 saturated carbocycles. The third-order valence-corrected chi connectivity index (χ3v) is 0.826. The third kappa shape index (κ3) is 2.37. The lowest BCUT2D eigenvalue weighted by Gasteiger charge is -2.00. The number of ether oxygens (including phenoxy) is 2. The molecule has 0 N–H and O–H groups in total. The smallest absolute Gasteiger partial charge is 0.382 e. The standard InChI is InChI=1S/C7H10O3/c1-4-6(9-3)7(8)10-5-2/h1,5H2,2-3H3. The highest BCUT2D eigenvalue weighted by molar-refractivity contribution is 5.85. The van der Waals surface area contributed by atoms with Gasteiger partial charge in [0, 0.05) is 0 Å². The van der Waals surface area contributed by atoms with E-state index in [2.05, 4.69) is 21.8 Å². The lowest BCUT2D eigenvalue weighted by Crippen LogP contribution is -2.07. The highest BCUT2D eigenvalue weighted by Crippen LogP contribution is 1.94. The average molecular weight is 142 g/mol. The second-order valence-electron chi connectivity index (χ2n) is 1.43. The fourth-order valence-electron chi connectivity index (χ4n) is 0.424. The molecule has 0 amide bonds. The molecular weight excluding hydrogens is 132 g/mol. The summed E-state index contributed by atoms with van der Waals surface area (Å²) in [6, 6.07) is 0. The first-order chi connectivity index (χ1) is 4.76. The Hall–Kier alpha value is -1.21. The van der Waals surface area contributed by atoms with Gasteiger partial charge >= 0.3 is 5.97 Å². The van der Waals surface area contributed by atoms with Gasteiger partial charge in [-0.3, -0.25) is 0 Å². The number of carbonyl (C=O) groups excluding carboxylic acids is 1. The van der Waals surface area contributed by atoms with Crippen molar-refractivity contribution in [2.75, 3.05) is 13.7 Å². The van der Waals surface area contributed by atoms with Crippen molar-refractivity contribution in [3.8, 4) is 0 Å². The van der Waals surface area contributed by atoms with Crippen LogP contribution in [0.4, 0.5) is 0 Å². The van der Waals surface area contributed by atoms with Gasteiger partial charge in [-0.25, -0.2) is 4.79 Å². The van der Waals surface area contributed by atoms with E-state index in [1.807, 2.05) is 0 Å². The molecule has 0 atom stereocenters. The maximum absolute atomic E-state index is 10.7. The molecule has 0 spiro atoms. The van der Waals surface area contributed by atoms with Gasteiger partial charge in [-0.2, -0.15) is 0 Å². The summed E-state index contributed by atoms with van der Waals surface area (Å²) in [7, 11) is 1.37. The van der Waals surface area contributed by atoms with Crippen molar-refractivity contribution in [1.29, 1.82) is 0 Å². The molecular formula is C7H10O3. The molecule has 0 heterocycles. The van der Waals surface area contributed by atoms with Crippen LogP contribution in [0, 0.1) is 0 Å². The van der Waals surface area contributed by atoms with Gasteiger partial charge in [-0.05, 0) is 6.92 Å². The molecule has 0 unspecified atom stereocenters. The molecule has 0 saturated heterocycles. The normalized spacial score (nSPS) is 7.80. The molecule has 0 aromatic carbocycles. The van der Waals surface area contributed by atoms with E-state index in [0.29, 0.717) is 6.61 Å². The summed E-state index contributed by atoms with van der Waals surface area (Å²) in [4.78, 5) is 10.7. The van der Waals surface area contributed by atoms with Crippen LogP contribution in [-0.2, 0) is 14.3 Å². The van der Waals surface area contributed by atoms with Crippen molar-refractivity contribution < 1.29 is 14.3 Å². The van der Waals surface area contributed by atoms with Gasteiger partial charge in [0.2, 0.25) is 5.76 Å². The Labute approximate surface area is 59.9 Å². The van der Waals surface area contributed by atoms with E-state index in [1.165, 1.54) is 7.11 Å². The van der Waals surface area contributed by atoms with Crippen molar-refractivity contribution in [2.45, 2.75) is 6.92 Å². The van der Waals surface area contributed by atoms with Crippen molar-refractivity contribution in [1.82, 2.24) is 0 Å². The van der Waals surface area contributed by atoms with Crippen LogP contribution >= 0.6 is 0 Å². The van der Waals surface area contributed by atoms with Crippen molar-refractivity contribution >= 4 is 5.97 Å². The topological polar surface area (TPSA) is 35.5 Å². The molecule has 0 radical (unpaired) electrons. The summed E-state index contributed by atoms with van der Waals surface area (Å²) < 4.78 is 9.16. The average Bonchev–Trinajstić information content (AvgIpc) is 1.91. The van der Waals surface area contributed by atoms with Gasteiger partial charge < -0.3 is 9.47 Å². The first-order valence-electron chi connectivity index (χ1n) is 2.87. The first kappa shape index (κ1) is 8.79. The Morgan fingerprint density at radius 1 is 1.70 bits per heavy atom. The Balaban J connectivity index is 4.04. The highest BCUT2D eigenvalue weighted by atomic mass is 16.6. The fraction of sp³-hybridized carbons (Fsp3) is 0.429. The number of esters is 1. The minimum Gasteiger partial charge on any atom is -0.484 e. The van der Waals surface area contributed by atoms with Crippen molar-refractivity contribution in [2.24, 2.45) is 0 Å². The molecule has 10 heavy (non-hydrogen) atoms. The molecule has 0 aromatic rings. The highest BCUT2D eigenvalue weighted by Gasteiger charge is 2.07. The molecule has 0 fully saturated rings. The Kier molecular flexibility index (Phi) is 4.09. The number of methoxy groups -OCH3 is 1. The van der Waals surface area contributed by atoms with Gasteiger partial charge in [0.15, 0.2) is 0 Å². The molecule has 3 nitrogen and oxygen atoms in total. The third-order valence-electron chi connectivity index (χ3n) is 0.826. The summed E-state index contributed by atoms with van der Waals surface area (Å²) >= 11 is 0. The second kappa shape index (κ2) is 4.65. The summed E-state index contributed by atoms with van der Waals surface area (Å²) in [5, 5.41) is 0. The zero-order valence-corrected chi connectivity index (χ0v) is 6.14. The van der Waals surface area contributed by atoms with Gasteiger partial charge in [0.25, 0.3) is 0 Å². The molecule has 0 aliphatic rings. The van der Waals surface area contributed by atoms with Crippen LogP contribution in [0.15, 0.2) is 18.1 Å². The fourth-order valence-corrected chi connectivity index (χ4v) is 0.424. The maximum atomic E-state index is 10.7. The lowest BCUT2D eigenvalue weighted by molar-refractivity contribution is -0.142. The van der Waals surface area contributed by atoms with Gasteiger partial charge in [-0.1, -0.05) is 12.3 Å². The van der Waals surface area contributed by atoms with E-state index in [1.54, 1.807) is 6.92 Å². The number of rotatable bonds is 3. The zero-order chi connectivity index (χ0) is 7.98. The van der Waals surface area contributed by atoms with Gasteiger partial charge in [0.05, 0.1) is 13.7 Å². The Bertz CT molecular complexity index is 166. The van der Waals surface area contributed by atoms with E-state index in [0.717, 1.165) is 0 Å². The molecule has 56 valence electrons. The number of hydrogen-bond acceptors (Lipinski definition) is 3. The van der Waals surface area contributed by atoms with E-state index < -0.39 is 5.97 Å². The van der Waals surface area contributed by atoms with Crippen LogP contribution in [0.1, 0.15) is 6.92 Å². The molecule has 0 rings (SSSR count).